The summed E-state index contributed by atoms with van der Waals surface area (Å²) in [5.41, 5.74) is 2.34. The standard InChI is InChI=1S/C16H25N/c1-6-8-10-14(3)15(4)12-13-16(17-5)11-9-7-2/h6-9,11-13,15,17H,3,10H2,1-2,4-5H3/b8-6-,9-7-,13-12-,16-11+. The molecule has 1 heteroatoms. The number of rotatable bonds is 7. The maximum atomic E-state index is 4.10. The van der Waals surface area contributed by atoms with Gasteiger partial charge in [-0.25, -0.2) is 0 Å². The first-order valence-electron chi connectivity index (χ1n) is 6.13. The molecule has 0 radical (unpaired) electrons. The molecule has 0 aliphatic carbocycles. The van der Waals surface area contributed by atoms with Crippen molar-refractivity contribution in [2.24, 2.45) is 5.92 Å². The van der Waals surface area contributed by atoms with E-state index in [1.807, 2.05) is 33.0 Å². The minimum atomic E-state index is 0.397. The molecule has 0 aliphatic rings. The van der Waals surface area contributed by atoms with Crippen LogP contribution < -0.4 is 5.32 Å². The van der Waals surface area contributed by atoms with E-state index in [4.69, 9.17) is 0 Å². The van der Waals surface area contributed by atoms with Crippen LogP contribution in [0.3, 0.4) is 0 Å². The van der Waals surface area contributed by atoms with Crippen LogP contribution in [0.25, 0.3) is 0 Å². The number of likely N-dealkylation sites (N-methyl/N-ethyl adjacent to an activating group) is 1. The lowest BCUT2D eigenvalue weighted by atomic mass is 9.99. The molecular formula is C16H25N. The molecule has 0 amide bonds. The zero-order chi connectivity index (χ0) is 13.1. The molecular weight excluding hydrogens is 206 g/mol. The summed E-state index contributed by atoms with van der Waals surface area (Å²) in [5, 5.41) is 3.15. The van der Waals surface area contributed by atoms with E-state index in [2.05, 4.69) is 49.2 Å². The molecule has 0 aromatic carbocycles. The van der Waals surface area contributed by atoms with E-state index >= 15 is 0 Å². The van der Waals surface area contributed by atoms with Gasteiger partial charge < -0.3 is 5.32 Å². The van der Waals surface area contributed by atoms with Gasteiger partial charge >= 0.3 is 0 Å². The van der Waals surface area contributed by atoms with Gasteiger partial charge in [-0.2, -0.15) is 0 Å². The first-order valence-corrected chi connectivity index (χ1v) is 6.13. The number of hydrogen-bond donors (Lipinski definition) is 1. The smallest absolute Gasteiger partial charge is 0.0334 e. The maximum Gasteiger partial charge on any atom is 0.0334 e. The van der Waals surface area contributed by atoms with Crippen molar-refractivity contribution in [1.82, 2.24) is 5.32 Å². The van der Waals surface area contributed by atoms with Crippen molar-refractivity contribution >= 4 is 0 Å². The van der Waals surface area contributed by atoms with E-state index in [9.17, 15) is 0 Å². The molecule has 0 fully saturated rings. The summed E-state index contributed by atoms with van der Waals surface area (Å²) in [6.45, 7) is 10.3. The van der Waals surface area contributed by atoms with Gasteiger partial charge in [-0.05, 0) is 38.3 Å². The van der Waals surface area contributed by atoms with E-state index in [0.29, 0.717) is 5.92 Å². The highest BCUT2D eigenvalue weighted by Gasteiger charge is 2.00. The summed E-state index contributed by atoms with van der Waals surface area (Å²) in [4.78, 5) is 0. The Balaban J connectivity index is 4.43. The van der Waals surface area contributed by atoms with Gasteiger partial charge in [0.05, 0.1) is 0 Å². The van der Waals surface area contributed by atoms with Crippen LogP contribution in [-0.4, -0.2) is 7.05 Å². The van der Waals surface area contributed by atoms with E-state index < -0.39 is 0 Å². The SMILES string of the molecule is C=C(C/C=C\C)C(C)\C=C/C(=C\C=C/C)NC. The second kappa shape index (κ2) is 9.71. The lowest BCUT2D eigenvalue weighted by molar-refractivity contribution is 0.833. The Morgan fingerprint density at radius 1 is 1.29 bits per heavy atom. The van der Waals surface area contributed by atoms with E-state index in [1.54, 1.807) is 0 Å². The molecule has 0 aromatic heterocycles. The average Bonchev–Trinajstić information content (AvgIpc) is 2.35. The molecule has 0 rings (SSSR count). The van der Waals surface area contributed by atoms with Crippen molar-refractivity contribution in [2.45, 2.75) is 27.2 Å². The zero-order valence-electron chi connectivity index (χ0n) is 11.5. The molecule has 1 N–H and O–H groups in total. The molecule has 0 saturated heterocycles. The van der Waals surface area contributed by atoms with E-state index in [-0.39, 0.29) is 0 Å². The quantitative estimate of drug-likeness (QED) is 0.506. The van der Waals surface area contributed by atoms with Crippen molar-refractivity contribution in [1.29, 1.82) is 0 Å². The van der Waals surface area contributed by atoms with Crippen LogP contribution >= 0.6 is 0 Å². The molecule has 0 spiro atoms. The van der Waals surface area contributed by atoms with Crippen molar-refractivity contribution in [2.75, 3.05) is 7.05 Å². The van der Waals surface area contributed by atoms with Crippen molar-refractivity contribution in [3.63, 3.8) is 0 Å². The van der Waals surface area contributed by atoms with Gasteiger partial charge in [0.15, 0.2) is 0 Å². The van der Waals surface area contributed by atoms with E-state index in [1.165, 1.54) is 5.57 Å². The normalized spacial score (nSPS) is 14.9. The second-order valence-electron chi connectivity index (χ2n) is 3.98. The van der Waals surface area contributed by atoms with Crippen LogP contribution in [0.4, 0.5) is 0 Å². The molecule has 0 bridgehead atoms. The average molecular weight is 231 g/mol. The second-order valence-corrected chi connectivity index (χ2v) is 3.98. The molecule has 1 unspecified atom stereocenters. The zero-order valence-corrected chi connectivity index (χ0v) is 11.5. The number of hydrogen-bond acceptors (Lipinski definition) is 1. The number of nitrogens with one attached hydrogen (secondary N) is 1. The lowest BCUT2D eigenvalue weighted by Crippen LogP contribution is -2.03. The van der Waals surface area contributed by atoms with Crippen molar-refractivity contribution in [3.05, 3.63) is 60.4 Å². The van der Waals surface area contributed by atoms with Crippen molar-refractivity contribution in [3.8, 4) is 0 Å². The summed E-state index contributed by atoms with van der Waals surface area (Å²) in [6.07, 6.45) is 15.5. The molecule has 0 aliphatic heterocycles. The van der Waals surface area contributed by atoms with Crippen LogP contribution in [0.1, 0.15) is 27.2 Å². The predicted octanol–water partition coefficient (Wildman–Crippen LogP) is 4.38. The Hall–Kier alpha value is -1.50. The topological polar surface area (TPSA) is 12.0 Å². The van der Waals surface area contributed by atoms with E-state index in [0.717, 1.165) is 12.1 Å². The Bertz CT molecular complexity index is 329. The van der Waals surface area contributed by atoms with Crippen LogP contribution in [0.2, 0.25) is 0 Å². The molecule has 0 saturated carbocycles. The number of allylic oxidation sites excluding steroid dienone is 8. The highest BCUT2D eigenvalue weighted by Crippen LogP contribution is 2.14. The summed E-state index contributed by atoms with van der Waals surface area (Å²) >= 11 is 0. The molecule has 0 heterocycles. The predicted molar refractivity (Wildman–Crippen MR) is 78.8 cm³/mol. The third kappa shape index (κ3) is 7.40. The minimum absolute atomic E-state index is 0.397. The third-order valence-corrected chi connectivity index (χ3v) is 2.58. The first kappa shape index (κ1) is 15.5. The van der Waals surface area contributed by atoms with Crippen LogP contribution in [0.5, 0.6) is 0 Å². The lowest BCUT2D eigenvalue weighted by Gasteiger charge is -2.08. The summed E-state index contributed by atoms with van der Waals surface area (Å²) in [5.74, 6) is 0.397. The Kier molecular flexibility index (Phi) is 8.85. The van der Waals surface area contributed by atoms with Crippen LogP contribution in [0, 0.1) is 5.92 Å². The summed E-state index contributed by atoms with van der Waals surface area (Å²) < 4.78 is 0. The van der Waals surface area contributed by atoms with Crippen LogP contribution in [0.15, 0.2) is 60.4 Å². The summed E-state index contributed by atoms with van der Waals surface area (Å²) in [7, 11) is 1.93. The monoisotopic (exact) mass is 231 g/mol. The minimum Gasteiger partial charge on any atom is -0.388 e. The summed E-state index contributed by atoms with van der Waals surface area (Å²) in [6, 6.07) is 0. The molecule has 0 aromatic rings. The van der Waals surface area contributed by atoms with Gasteiger partial charge in [-0.1, -0.05) is 49.5 Å². The highest BCUT2D eigenvalue weighted by molar-refractivity contribution is 5.24. The fraction of sp³-hybridized carbons (Fsp3) is 0.375. The third-order valence-electron chi connectivity index (χ3n) is 2.58. The van der Waals surface area contributed by atoms with Gasteiger partial charge in [0.2, 0.25) is 0 Å². The van der Waals surface area contributed by atoms with Gasteiger partial charge in [0, 0.05) is 12.7 Å². The molecule has 17 heavy (non-hydrogen) atoms. The van der Waals surface area contributed by atoms with Gasteiger partial charge in [0.25, 0.3) is 0 Å². The van der Waals surface area contributed by atoms with Gasteiger partial charge in [-0.15, -0.1) is 0 Å². The molecule has 1 atom stereocenters. The Morgan fingerprint density at radius 2 is 2.00 bits per heavy atom. The first-order chi connectivity index (χ1) is 8.15. The largest absolute Gasteiger partial charge is 0.388 e. The Morgan fingerprint density at radius 3 is 2.53 bits per heavy atom. The molecule has 94 valence electrons. The van der Waals surface area contributed by atoms with Crippen molar-refractivity contribution < 1.29 is 0 Å². The van der Waals surface area contributed by atoms with Gasteiger partial charge in [-0.3, -0.25) is 0 Å². The van der Waals surface area contributed by atoms with Gasteiger partial charge in [0.1, 0.15) is 0 Å². The highest BCUT2D eigenvalue weighted by atomic mass is 14.8. The molecule has 1 nitrogen and oxygen atoms in total. The van der Waals surface area contributed by atoms with Crippen LogP contribution in [-0.2, 0) is 0 Å². The maximum absolute atomic E-state index is 4.10. The Labute approximate surface area is 106 Å². The fourth-order valence-electron chi connectivity index (χ4n) is 1.26. The fourth-order valence-corrected chi connectivity index (χ4v) is 1.26.